The second-order valence-corrected chi connectivity index (χ2v) is 5.68. The van der Waals surface area contributed by atoms with Gasteiger partial charge in [-0.05, 0) is 42.4 Å². The molecule has 1 aromatic rings. The number of amides is 2. The van der Waals surface area contributed by atoms with E-state index in [9.17, 15) is 9.59 Å². The Balaban J connectivity index is 2.29. The molecule has 2 amide bonds. The molecule has 0 aliphatic rings. The fourth-order valence-corrected chi connectivity index (χ4v) is 1.93. The van der Waals surface area contributed by atoms with Crippen molar-refractivity contribution in [2.75, 3.05) is 0 Å². The molecule has 1 rings (SSSR count). The van der Waals surface area contributed by atoms with Crippen molar-refractivity contribution in [3.8, 4) is 0 Å². The summed E-state index contributed by atoms with van der Waals surface area (Å²) in [5.41, 5.74) is 5.78. The van der Waals surface area contributed by atoms with Gasteiger partial charge in [-0.15, -0.1) is 0 Å². The van der Waals surface area contributed by atoms with Crippen LogP contribution < -0.4 is 16.2 Å². The molecule has 0 unspecified atom stereocenters. The Morgan fingerprint density at radius 1 is 1.17 bits per heavy atom. The topological polar surface area (TPSA) is 70.2 Å². The molecule has 124 valence electrons. The van der Waals surface area contributed by atoms with Crippen LogP contribution in [0.3, 0.4) is 0 Å². The average Bonchev–Trinajstić information content (AvgIpc) is 2.52. The van der Waals surface area contributed by atoms with Crippen molar-refractivity contribution in [2.45, 2.75) is 32.6 Å². The summed E-state index contributed by atoms with van der Waals surface area (Å²) in [5.74, 6) is -0.551. The molecule has 0 bridgehead atoms. The molecule has 0 aromatic heterocycles. The molecule has 0 heterocycles. The molecule has 7 heteroatoms. The molecule has 23 heavy (non-hydrogen) atoms. The quantitative estimate of drug-likeness (QED) is 0.318. The Hall–Kier alpha value is -1.92. The molecule has 0 saturated heterocycles. The zero-order chi connectivity index (χ0) is 17.1. The molecular weight excluding hydrogens is 334 g/mol. The number of thiocarbonyl (C=S) groups is 1. The number of nitrogens with one attached hydrogen (secondary N) is 3. The summed E-state index contributed by atoms with van der Waals surface area (Å²) in [6.45, 7) is 2.07. The SMILES string of the molecule is CCCCCC(=O)NNC(=S)NC(=O)/C=C/c1ccc(Cl)cc1. The van der Waals surface area contributed by atoms with E-state index in [1.165, 1.54) is 6.08 Å². The van der Waals surface area contributed by atoms with Crippen molar-refractivity contribution in [3.63, 3.8) is 0 Å². The normalized spacial score (nSPS) is 10.3. The third-order valence-electron chi connectivity index (χ3n) is 2.86. The maximum absolute atomic E-state index is 11.7. The second kappa shape index (κ2) is 10.7. The first-order chi connectivity index (χ1) is 11.0. The van der Waals surface area contributed by atoms with Crippen LogP contribution >= 0.6 is 23.8 Å². The second-order valence-electron chi connectivity index (χ2n) is 4.83. The molecule has 0 spiro atoms. The van der Waals surface area contributed by atoms with E-state index in [2.05, 4.69) is 23.1 Å². The van der Waals surface area contributed by atoms with Gasteiger partial charge in [-0.1, -0.05) is 43.5 Å². The van der Waals surface area contributed by atoms with Crippen LogP contribution in [0, 0.1) is 0 Å². The van der Waals surface area contributed by atoms with Gasteiger partial charge in [-0.2, -0.15) is 0 Å². The summed E-state index contributed by atoms with van der Waals surface area (Å²) >= 11 is 10.7. The van der Waals surface area contributed by atoms with E-state index in [1.807, 2.05) is 0 Å². The lowest BCUT2D eigenvalue weighted by atomic mass is 10.2. The summed E-state index contributed by atoms with van der Waals surface area (Å²) in [7, 11) is 0. The zero-order valence-electron chi connectivity index (χ0n) is 12.9. The highest BCUT2D eigenvalue weighted by atomic mass is 35.5. The minimum Gasteiger partial charge on any atom is -0.298 e. The van der Waals surface area contributed by atoms with Gasteiger partial charge in [0.2, 0.25) is 11.8 Å². The van der Waals surface area contributed by atoms with Gasteiger partial charge in [-0.3, -0.25) is 25.8 Å². The number of hydrogen-bond acceptors (Lipinski definition) is 3. The first kappa shape index (κ1) is 19.1. The van der Waals surface area contributed by atoms with Crippen LogP contribution in [0.4, 0.5) is 0 Å². The lowest BCUT2D eigenvalue weighted by Crippen LogP contribution is -2.48. The van der Waals surface area contributed by atoms with Crippen molar-refractivity contribution < 1.29 is 9.59 Å². The first-order valence-electron chi connectivity index (χ1n) is 7.34. The minimum absolute atomic E-state index is 0.0413. The standard InChI is InChI=1S/C16H20ClN3O2S/c1-2-3-4-5-15(22)19-20-16(23)18-14(21)11-8-12-6-9-13(17)10-7-12/h6-11H,2-5H2,1H3,(H,19,22)(H2,18,20,21,23)/b11-8+. The molecule has 0 radical (unpaired) electrons. The van der Waals surface area contributed by atoms with Crippen molar-refractivity contribution in [2.24, 2.45) is 0 Å². The molecule has 5 nitrogen and oxygen atoms in total. The summed E-state index contributed by atoms with van der Waals surface area (Å²) in [4.78, 5) is 23.2. The molecule has 1 aromatic carbocycles. The van der Waals surface area contributed by atoms with Gasteiger partial charge in [-0.25, -0.2) is 0 Å². The number of hydrogen-bond donors (Lipinski definition) is 3. The number of carbonyl (C=O) groups excluding carboxylic acids is 2. The molecule has 3 N–H and O–H groups in total. The van der Waals surface area contributed by atoms with Crippen LogP contribution in [0.25, 0.3) is 6.08 Å². The van der Waals surface area contributed by atoms with E-state index < -0.39 is 5.91 Å². The zero-order valence-corrected chi connectivity index (χ0v) is 14.5. The van der Waals surface area contributed by atoms with Gasteiger partial charge in [0.15, 0.2) is 5.11 Å². The highest BCUT2D eigenvalue weighted by Crippen LogP contribution is 2.10. The van der Waals surface area contributed by atoms with E-state index in [0.717, 1.165) is 24.8 Å². The lowest BCUT2D eigenvalue weighted by Gasteiger charge is -2.09. The number of rotatable bonds is 6. The maximum Gasteiger partial charge on any atom is 0.250 e. The predicted octanol–water partition coefficient (Wildman–Crippen LogP) is 2.96. The summed E-state index contributed by atoms with van der Waals surface area (Å²) in [6, 6.07) is 7.05. The molecule has 0 aliphatic heterocycles. The van der Waals surface area contributed by atoms with Crippen LogP contribution in [-0.4, -0.2) is 16.9 Å². The minimum atomic E-state index is -0.391. The highest BCUT2D eigenvalue weighted by molar-refractivity contribution is 7.80. The van der Waals surface area contributed by atoms with Crippen LogP contribution in [0.2, 0.25) is 5.02 Å². The Bertz CT molecular complexity index is 573. The van der Waals surface area contributed by atoms with Gasteiger partial charge in [0, 0.05) is 17.5 Å². The van der Waals surface area contributed by atoms with Crippen molar-refractivity contribution in [1.82, 2.24) is 16.2 Å². The monoisotopic (exact) mass is 353 g/mol. The van der Waals surface area contributed by atoms with Crippen molar-refractivity contribution in [1.29, 1.82) is 0 Å². The van der Waals surface area contributed by atoms with E-state index in [-0.39, 0.29) is 11.0 Å². The van der Waals surface area contributed by atoms with Crippen LogP contribution in [0.1, 0.15) is 38.2 Å². The number of hydrazine groups is 1. The number of halogens is 1. The third kappa shape index (κ3) is 8.95. The molecule has 0 saturated carbocycles. The average molecular weight is 354 g/mol. The van der Waals surface area contributed by atoms with Crippen molar-refractivity contribution >= 4 is 46.8 Å². The van der Waals surface area contributed by atoms with E-state index in [1.54, 1.807) is 30.3 Å². The van der Waals surface area contributed by atoms with Crippen molar-refractivity contribution in [3.05, 3.63) is 40.9 Å². The van der Waals surface area contributed by atoms with Gasteiger partial charge in [0.25, 0.3) is 0 Å². The van der Waals surface area contributed by atoms with Gasteiger partial charge in [0.05, 0.1) is 0 Å². The summed E-state index contributed by atoms with van der Waals surface area (Å²) < 4.78 is 0. The summed E-state index contributed by atoms with van der Waals surface area (Å²) in [5, 5.41) is 3.11. The molecule has 0 atom stereocenters. The Kier molecular flexibility index (Phi) is 8.94. The molecule has 0 fully saturated rings. The molecule has 0 aliphatic carbocycles. The van der Waals surface area contributed by atoms with Crippen LogP contribution in [-0.2, 0) is 9.59 Å². The van der Waals surface area contributed by atoms with Crippen LogP contribution in [0.5, 0.6) is 0 Å². The predicted molar refractivity (Wildman–Crippen MR) is 96.6 cm³/mol. The maximum atomic E-state index is 11.7. The Morgan fingerprint density at radius 3 is 2.52 bits per heavy atom. The fraction of sp³-hybridized carbons (Fsp3) is 0.312. The smallest absolute Gasteiger partial charge is 0.250 e. The fourth-order valence-electron chi connectivity index (χ4n) is 1.66. The highest BCUT2D eigenvalue weighted by Gasteiger charge is 2.03. The van der Waals surface area contributed by atoms with Crippen LogP contribution in [0.15, 0.2) is 30.3 Å². The number of unbranched alkanes of at least 4 members (excludes halogenated alkanes) is 2. The van der Waals surface area contributed by atoms with Gasteiger partial charge in [0.1, 0.15) is 0 Å². The summed E-state index contributed by atoms with van der Waals surface area (Å²) in [6.07, 6.45) is 6.29. The van der Waals surface area contributed by atoms with Gasteiger partial charge < -0.3 is 0 Å². The van der Waals surface area contributed by atoms with E-state index in [0.29, 0.717) is 11.4 Å². The largest absolute Gasteiger partial charge is 0.298 e. The number of carbonyl (C=O) groups is 2. The van der Waals surface area contributed by atoms with E-state index in [4.69, 9.17) is 23.8 Å². The molecular formula is C16H20ClN3O2S. The van der Waals surface area contributed by atoms with Gasteiger partial charge >= 0.3 is 0 Å². The first-order valence-corrected chi connectivity index (χ1v) is 8.13. The number of benzene rings is 1. The Labute approximate surface area is 146 Å². The third-order valence-corrected chi connectivity index (χ3v) is 3.31. The lowest BCUT2D eigenvalue weighted by molar-refractivity contribution is -0.122. The van der Waals surface area contributed by atoms with E-state index >= 15 is 0 Å². The Morgan fingerprint density at radius 2 is 1.87 bits per heavy atom.